The molecular formula is C12H22NOY-. The average Bonchev–Trinajstić information content (AvgIpc) is 2.13. The summed E-state index contributed by atoms with van der Waals surface area (Å²) in [5.74, 6) is 0.146. The molecule has 1 radical (unpaired) electrons. The van der Waals surface area contributed by atoms with Crippen LogP contribution in [0.4, 0.5) is 5.69 Å². The summed E-state index contributed by atoms with van der Waals surface area (Å²) in [5.41, 5.74) is 5.69. The number of rotatable bonds is 2. The second-order valence-electron chi connectivity index (χ2n) is 2.91. The summed E-state index contributed by atoms with van der Waals surface area (Å²) in [5, 5.41) is 8.79. The summed E-state index contributed by atoms with van der Waals surface area (Å²) in [6.45, 7) is 4.42. The average molecular weight is 285 g/mol. The van der Waals surface area contributed by atoms with Gasteiger partial charge in [-0.2, -0.15) is 0 Å². The maximum atomic E-state index is 8.79. The number of nitrogen functional groups attached to an aromatic ring is 1. The van der Waals surface area contributed by atoms with E-state index in [0.717, 1.165) is 0 Å². The Kier molecular flexibility index (Phi) is 18.9. The fraction of sp³-hybridized carbons (Fsp3) is 0.417. The zero-order chi connectivity index (χ0) is 10.1. The van der Waals surface area contributed by atoms with Crippen LogP contribution in [0, 0.1) is 7.43 Å². The third-order valence-corrected chi connectivity index (χ3v) is 1.64. The molecule has 3 N–H and O–H groups in total. The maximum Gasteiger partial charge on any atom is 0.138 e. The van der Waals surface area contributed by atoms with Crippen molar-refractivity contribution in [3.8, 4) is 5.75 Å². The van der Waals surface area contributed by atoms with Crippen molar-refractivity contribution in [2.45, 2.75) is 33.1 Å². The van der Waals surface area contributed by atoms with Gasteiger partial charge in [0, 0.05) is 32.7 Å². The first kappa shape index (κ1) is 20.4. The van der Waals surface area contributed by atoms with Crippen molar-refractivity contribution in [2.75, 3.05) is 5.73 Å². The number of hydrogen-bond donors (Lipinski definition) is 2. The molecule has 0 aromatic heterocycles. The van der Waals surface area contributed by atoms with Gasteiger partial charge < -0.3 is 18.3 Å². The summed E-state index contributed by atoms with van der Waals surface area (Å²) in [7, 11) is 0. The maximum absolute atomic E-state index is 8.79. The molecular weight excluding hydrogens is 263 g/mol. The first-order valence-electron chi connectivity index (χ1n) is 4.75. The van der Waals surface area contributed by atoms with E-state index in [4.69, 9.17) is 10.8 Å². The van der Waals surface area contributed by atoms with Crippen LogP contribution in [-0.2, 0) is 32.7 Å². The molecule has 0 spiro atoms. The Labute approximate surface area is 119 Å². The SMILES string of the molecule is CCCCC.Nc1ccccc1O.[CH3-].[Y]. The van der Waals surface area contributed by atoms with Crippen LogP contribution in [-0.4, -0.2) is 5.11 Å². The van der Waals surface area contributed by atoms with E-state index in [9.17, 15) is 0 Å². The van der Waals surface area contributed by atoms with Gasteiger partial charge in [0.1, 0.15) is 5.75 Å². The summed E-state index contributed by atoms with van der Waals surface area (Å²) >= 11 is 0. The van der Waals surface area contributed by atoms with Crippen molar-refractivity contribution in [2.24, 2.45) is 0 Å². The number of phenolic OH excluding ortho intramolecular Hbond substituents is 1. The van der Waals surface area contributed by atoms with Crippen LogP contribution in [0.3, 0.4) is 0 Å². The Bertz CT molecular complexity index is 206. The summed E-state index contributed by atoms with van der Waals surface area (Å²) in [6, 6.07) is 6.70. The Hall–Kier alpha value is -0.0761. The quantitative estimate of drug-likeness (QED) is 0.495. The smallest absolute Gasteiger partial charge is 0.138 e. The number of unbranched alkanes of at least 4 members (excludes halogenated alkanes) is 2. The predicted octanol–water partition coefficient (Wildman–Crippen LogP) is 3.62. The van der Waals surface area contributed by atoms with Crippen molar-refractivity contribution in [3.05, 3.63) is 31.7 Å². The van der Waals surface area contributed by atoms with Crippen molar-refractivity contribution >= 4 is 5.69 Å². The third-order valence-electron chi connectivity index (χ3n) is 1.64. The number of hydrogen-bond acceptors (Lipinski definition) is 2. The minimum Gasteiger partial charge on any atom is -0.506 e. The van der Waals surface area contributed by atoms with Gasteiger partial charge in [-0.05, 0) is 12.1 Å². The molecule has 0 aliphatic carbocycles. The Morgan fingerprint density at radius 1 is 1.13 bits per heavy atom. The van der Waals surface area contributed by atoms with E-state index < -0.39 is 0 Å². The van der Waals surface area contributed by atoms with Gasteiger partial charge in [-0.25, -0.2) is 0 Å². The molecule has 85 valence electrons. The molecule has 0 bridgehead atoms. The van der Waals surface area contributed by atoms with Crippen LogP contribution in [0.15, 0.2) is 24.3 Å². The molecule has 0 fully saturated rings. The molecule has 0 heterocycles. The second kappa shape index (κ2) is 13.9. The number of phenols is 1. The van der Waals surface area contributed by atoms with Gasteiger partial charge in [0.15, 0.2) is 0 Å². The van der Waals surface area contributed by atoms with E-state index >= 15 is 0 Å². The van der Waals surface area contributed by atoms with Crippen LogP contribution >= 0.6 is 0 Å². The van der Waals surface area contributed by atoms with Crippen molar-refractivity contribution < 1.29 is 37.8 Å². The largest absolute Gasteiger partial charge is 0.506 e. The first-order valence-corrected chi connectivity index (χ1v) is 4.75. The monoisotopic (exact) mass is 285 g/mol. The number of benzene rings is 1. The number of anilines is 1. The predicted molar refractivity (Wildman–Crippen MR) is 64.1 cm³/mol. The normalized spacial score (nSPS) is 7.60. The molecule has 0 amide bonds. The van der Waals surface area contributed by atoms with Gasteiger partial charge in [-0.1, -0.05) is 45.2 Å². The van der Waals surface area contributed by atoms with Crippen LogP contribution < -0.4 is 5.73 Å². The molecule has 0 saturated heterocycles. The third kappa shape index (κ3) is 11.9. The fourth-order valence-corrected chi connectivity index (χ4v) is 0.841. The molecule has 0 aliphatic heterocycles. The Morgan fingerprint density at radius 2 is 1.60 bits per heavy atom. The molecule has 1 aromatic rings. The van der Waals surface area contributed by atoms with Gasteiger partial charge in [0.05, 0.1) is 5.69 Å². The van der Waals surface area contributed by atoms with Crippen LogP contribution in [0.2, 0.25) is 0 Å². The van der Waals surface area contributed by atoms with Crippen molar-refractivity contribution in [1.29, 1.82) is 0 Å². The van der Waals surface area contributed by atoms with Crippen LogP contribution in [0.5, 0.6) is 5.75 Å². The molecule has 0 aliphatic rings. The molecule has 2 nitrogen and oxygen atoms in total. The molecule has 0 unspecified atom stereocenters. The summed E-state index contributed by atoms with van der Waals surface area (Å²) < 4.78 is 0. The first-order chi connectivity index (χ1) is 6.22. The molecule has 1 rings (SSSR count). The van der Waals surface area contributed by atoms with E-state index in [1.54, 1.807) is 24.3 Å². The minimum absolute atomic E-state index is 0. The van der Waals surface area contributed by atoms with Gasteiger partial charge in [-0.15, -0.1) is 0 Å². The zero-order valence-electron chi connectivity index (χ0n) is 10.0. The summed E-state index contributed by atoms with van der Waals surface area (Å²) in [6.07, 6.45) is 4.08. The van der Waals surface area contributed by atoms with Crippen LogP contribution in [0.1, 0.15) is 33.1 Å². The zero-order valence-corrected chi connectivity index (χ0v) is 12.9. The second-order valence-corrected chi connectivity index (χ2v) is 2.91. The molecule has 0 saturated carbocycles. The molecule has 0 atom stereocenters. The Morgan fingerprint density at radius 3 is 1.80 bits per heavy atom. The van der Waals surface area contributed by atoms with E-state index in [1.165, 1.54) is 19.3 Å². The topological polar surface area (TPSA) is 46.2 Å². The van der Waals surface area contributed by atoms with Gasteiger partial charge in [0.2, 0.25) is 0 Å². The summed E-state index contributed by atoms with van der Waals surface area (Å²) in [4.78, 5) is 0. The Balaban J connectivity index is -0.000000185. The van der Waals surface area contributed by atoms with E-state index in [-0.39, 0.29) is 45.9 Å². The van der Waals surface area contributed by atoms with Gasteiger partial charge in [-0.3, -0.25) is 0 Å². The molecule has 1 aromatic carbocycles. The van der Waals surface area contributed by atoms with E-state index in [1.807, 2.05) is 0 Å². The minimum atomic E-state index is 0. The van der Waals surface area contributed by atoms with E-state index in [2.05, 4.69) is 13.8 Å². The number of aromatic hydroxyl groups is 1. The van der Waals surface area contributed by atoms with Gasteiger partial charge >= 0.3 is 0 Å². The standard InChI is InChI=1S/C6H7NO.C5H12.CH3.Y/c7-5-3-1-2-4-6(5)8;1-3-5-4-2;;/h1-4,8H,7H2;3-5H2,1-2H3;1H3;/q;;-1;. The molecule has 3 heteroatoms. The number of para-hydroxylation sites is 2. The van der Waals surface area contributed by atoms with Crippen LogP contribution in [0.25, 0.3) is 0 Å². The van der Waals surface area contributed by atoms with Gasteiger partial charge in [0.25, 0.3) is 0 Å². The number of nitrogens with two attached hydrogens (primary N) is 1. The van der Waals surface area contributed by atoms with Crippen molar-refractivity contribution in [3.63, 3.8) is 0 Å². The fourth-order valence-electron chi connectivity index (χ4n) is 0.841. The van der Waals surface area contributed by atoms with Crippen molar-refractivity contribution in [1.82, 2.24) is 0 Å². The van der Waals surface area contributed by atoms with E-state index in [0.29, 0.717) is 5.69 Å². The molecule has 15 heavy (non-hydrogen) atoms.